The smallest absolute Gasteiger partial charge is 0.269 e. The minimum absolute atomic E-state index is 0.339. The van der Waals surface area contributed by atoms with E-state index in [0.717, 1.165) is 4.90 Å². The molecule has 1 aliphatic heterocycles. The second-order valence-corrected chi connectivity index (χ2v) is 7.68. The molecular weight excluding hydrogens is 348 g/mol. The number of benzene rings is 1. The van der Waals surface area contributed by atoms with Crippen LogP contribution in [0.3, 0.4) is 0 Å². The third-order valence-corrected chi connectivity index (χ3v) is 5.88. The molecule has 0 spiro atoms. The number of hydrogen-bond acceptors (Lipinski definition) is 6. The third-order valence-electron chi connectivity index (χ3n) is 4.02. The van der Waals surface area contributed by atoms with Gasteiger partial charge in [0.15, 0.2) is 9.84 Å². The SMILES string of the molecule is CC#Cc1ccc(N(C=O)C(C(=O)NO)C2(OC)CS(=O)(=O)C2)cc1. The van der Waals surface area contributed by atoms with Crippen LogP contribution in [0.5, 0.6) is 0 Å². The van der Waals surface area contributed by atoms with Crippen molar-refractivity contribution in [2.24, 2.45) is 0 Å². The summed E-state index contributed by atoms with van der Waals surface area (Å²) in [4.78, 5) is 24.9. The van der Waals surface area contributed by atoms with Crippen molar-refractivity contribution in [2.75, 3.05) is 23.5 Å². The number of hydrogen-bond donors (Lipinski definition) is 2. The number of methoxy groups -OCH3 is 1. The van der Waals surface area contributed by atoms with E-state index in [1.54, 1.807) is 31.2 Å². The Morgan fingerprint density at radius 3 is 2.40 bits per heavy atom. The number of nitrogens with one attached hydrogen (secondary N) is 1. The average molecular weight is 366 g/mol. The highest BCUT2D eigenvalue weighted by molar-refractivity contribution is 7.93. The molecule has 1 saturated heterocycles. The summed E-state index contributed by atoms with van der Waals surface area (Å²) in [5, 5.41) is 9.05. The van der Waals surface area contributed by atoms with E-state index in [2.05, 4.69) is 11.8 Å². The lowest BCUT2D eigenvalue weighted by atomic mass is 9.94. The minimum Gasteiger partial charge on any atom is -0.373 e. The second kappa shape index (κ2) is 7.23. The van der Waals surface area contributed by atoms with E-state index in [1.165, 1.54) is 12.6 Å². The number of ether oxygens (including phenoxy) is 1. The Balaban J connectivity index is 2.45. The van der Waals surface area contributed by atoms with Gasteiger partial charge in [-0.3, -0.25) is 19.7 Å². The van der Waals surface area contributed by atoms with Crippen molar-refractivity contribution >= 4 is 27.8 Å². The van der Waals surface area contributed by atoms with Gasteiger partial charge in [-0.25, -0.2) is 13.9 Å². The molecule has 1 aliphatic rings. The molecule has 0 radical (unpaired) electrons. The average Bonchev–Trinajstić information content (AvgIpc) is 2.57. The van der Waals surface area contributed by atoms with Gasteiger partial charge in [0.25, 0.3) is 5.91 Å². The molecule has 2 amide bonds. The fraction of sp³-hybridized carbons (Fsp3) is 0.375. The molecule has 0 saturated carbocycles. The van der Waals surface area contributed by atoms with Gasteiger partial charge in [0.1, 0.15) is 11.6 Å². The molecule has 9 heteroatoms. The van der Waals surface area contributed by atoms with Crippen LogP contribution in [0.1, 0.15) is 12.5 Å². The summed E-state index contributed by atoms with van der Waals surface area (Å²) < 4.78 is 28.6. The molecule has 1 fully saturated rings. The molecule has 1 heterocycles. The molecule has 1 aromatic carbocycles. The van der Waals surface area contributed by atoms with Crippen molar-refractivity contribution in [1.29, 1.82) is 0 Å². The first-order valence-electron chi connectivity index (χ1n) is 7.28. The van der Waals surface area contributed by atoms with Gasteiger partial charge in [0.2, 0.25) is 6.41 Å². The lowest BCUT2D eigenvalue weighted by molar-refractivity contribution is -0.138. The zero-order chi connectivity index (χ0) is 18.7. The van der Waals surface area contributed by atoms with E-state index < -0.39 is 38.9 Å². The number of rotatable bonds is 6. The molecular formula is C16H18N2O6S. The summed E-state index contributed by atoms with van der Waals surface area (Å²) in [5.74, 6) is 3.78. The predicted octanol–water partition coefficient (Wildman–Crippen LogP) is -0.292. The standard InChI is InChI=1S/C16H18N2O6S/c1-3-4-12-5-7-13(8-6-12)18(11-19)14(15(20)17-21)16(24-2)9-25(22,23)10-16/h5-8,11,14,21H,9-10H2,1-2H3,(H,17,20). The van der Waals surface area contributed by atoms with Crippen molar-refractivity contribution in [3.63, 3.8) is 0 Å². The van der Waals surface area contributed by atoms with Gasteiger partial charge in [-0.05, 0) is 31.2 Å². The van der Waals surface area contributed by atoms with Crippen LogP contribution in [0.2, 0.25) is 0 Å². The maximum atomic E-state index is 12.2. The topological polar surface area (TPSA) is 113 Å². The summed E-state index contributed by atoms with van der Waals surface area (Å²) in [6.07, 6.45) is 0.395. The summed E-state index contributed by atoms with van der Waals surface area (Å²) in [5.41, 5.74) is 1.10. The highest BCUT2D eigenvalue weighted by Gasteiger charge is 2.59. The Labute approximate surface area is 145 Å². The van der Waals surface area contributed by atoms with E-state index in [-0.39, 0.29) is 0 Å². The second-order valence-electron chi connectivity index (χ2n) is 5.61. The number of nitrogens with zero attached hydrogens (tertiary/aromatic N) is 1. The summed E-state index contributed by atoms with van der Waals surface area (Å²) in [7, 11) is -2.11. The first-order chi connectivity index (χ1) is 11.8. The number of anilines is 1. The molecule has 25 heavy (non-hydrogen) atoms. The van der Waals surface area contributed by atoms with E-state index in [0.29, 0.717) is 17.7 Å². The van der Waals surface area contributed by atoms with E-state index in [9.17, 15) is 18.0 Å². The number of carbonyl (C=O) groups is 2. The van der Waals surface area contributed by atoms with Crippen LogP contribution in [0.4, 0.5) is 5.69 Å². The van der Waals surface area contributed by atoms with Gasteiger partial charge in [-0.2, -0.15) is 0 Å². The van der Waals surface area contributed by atoms with Crippen molar-refractivity contribution in [1.82, 2.24) is 5.48 Å². The van der Waals surface area contributed by atoms with Gasteiger partial charge in [-0.1, -0.05) is 5.92 Å². The Morgan fingerprint density at radius 1 is 1.40 bits per heavy atom. The van der Waals surface area contributed by atoms with Crippen molar-refractivity contribution in [2.45, 2.75) is 18.6 Å². The quantitative estimate of drug-likeness (QED) is 0.310. The Bertz CT molecular complexity index is 810. The largest absolute Gasteiger partial charge is 0.373 e. The monoisotopic (exact) mass is 366 g/mol. The van der Waals surface area contributed by atoms with Gasteiger partial charge in [0, 0.05) is 18.4 Å². The Morgan fingerprint density at radius 2 is 2.00 bits per heavy atom. The van der Waals surface area contributed by atoms with Crippen molar-refractivity contribution in [3.8, 4) is 11.8 Å². The molecule has 2 rings (SSSR count). The number of sulfone groups is 1. The normalized spacial score (nSPS) is 18.0. The van der Waals surface area contributed by atoms with Gasteiger partial charge in [-0.15, -0.1) is 5.92 Å². The van der Waals surface area contributed by atoms with Gasteiger partial charge < -0.3 is 4.74 Å². The maximum Gasteiger partial charge on any atom is 0.269 e. The lowest BCUT2D eigenvalue weighted by Crippen LogP contribution is -2.71. The molecule has 2 N–H and O–H groups in total. The van der Waals surface area contributed by atoms with Crippen LogP contribution in [0.25, 0.3) is 0 Å². The van der Waals surface area contributed by atoms with E-state index >= 15 is 0 Å². The van der Waals surface area contributed by atoms with Crippen LogP contribution in [0, 0.1) is 11.8 Å². The minimum atomic E-state index is -3.37. The highest BCUT2D eigenvalue weighted by Crippen LogP contribution is 2.35. The zero-order valence-electron chi connectivity index (χ0n) is 13.7. The van der Waals surface area contributed by atoms with E-state index in [1.807, 2.05) is 0 Å². The van der Waals surface area contributed by atoms with Crippen LogP contribution in [0.15, 0.2) is 24.3 Å². The zero-order valence-corrected chi connectivity index (χ0v) is 14.5. The maximum absolute atomic E-state index is 12.2. The third kappa shape index (κ3) is 3.66. The molecule has 1 unspecified atom stereocenters. The van der Waals surface area contributed by atoms with E-state index in [4.69, 9.17) is 9.94 Å². The fourth-order valence-corrected chi connectivity index (χ4v) is 4.86. The first kappa shape index (κ1) is 18.9. The van der Waals surface area contributed by atoms with Crippen molar-refractivity contribution in [3.05, 3.63) is 29.8 Å². The van der Waals surface area contributed by atoms with Crippen LogP contribution >= 0.6 is 0 Å². The van der Waals surface area contributed by atoms with Gasteiger partial charge in [0.05, 0.1) is 11.5 Å². The first-order valence-corrected chi connectivity index (χ1v) is 9.10. The molecule has 0 aromatic heterocycles. The molecule has 0 bridgehead atoms. The van der Waals surface area contributed by atoms with Crippen LogP contribution < -0.4 is 10.4 Å². The highest BCUT2D eigenvalue weighted by atomic mass is 32.2. The Kier molecular flexibility index (Phi) is 5.47. The predicted molar refractivity (Wildman–Crippen MR) is 89.6 cm³/mol. The molecule has 1 aromatic rings. The Hall–Kier alpha value is -2.41. The van der Waals surface area contributed by atoms with Crippen molar-refractivity contribution < 1.29 is 28.0 Å². The lowest BCUT2D eigenvalue weighted by Gasteiger charge is -2.47. The summed E-state index contributed by atoms with van der Waals surface area (Å²) in [6, 6.07) is 5.11. The fourth-order valence-electron chi connectivity index (χ4n) is 2.90. The summed E-state index contributed by atoms with van der Waals surface area (Å²) >= 11 is 0. The van der Waals surface area contributed by atoms with Gasteiger partial charge >= 0.3 is 0 Å². The molecule has 8 nitrogen and oxygen atoms in total. The molecule has 1 atom stereocenters. The van der Waals surface area contributed by atoms with Crippen LogP contribution in [-0.4, -0.2) is 56.2 Å². The number of carbonyl (C=O) groups excluding carboxylic acids is 2. The molecule has 134 valence electrons. The molecule has 0 aliphatic carbocycles. The van der Waals surface area contributed by atoms with Crippen LogP contribution in [-0.2, 0) is 24.2 Å². The summed E-state index contributed by atoms with van der Waals surface area (Å²) in [6.45, 7) is 1.69. The number of hydroxylamine groups is 1. The number of amides is 2.